The third-order valence-electron chi connectivity index (χ3n) is 3.70. The normalized spacial score (nSPS) is 17.4. The Kier molecular flexibility index (Phi) is 4.76. The Labute approximate surface area is 144 Å². The lowest BCUT2D eigenvalue weighted by atomic mass is 10.3. The maximum atomic E-state index is 12.7. The van der Waals surface area contributed by atoms with Gasteiger partial charge in [-0.2, -0.15) is 0 Å². The zero-order valence-corrected chi connectivity index (χ0v) is 14.1. The molecule has 0 radical (unpaired) electrons. The molecule has 1 saturated heterocycles. The van der Waals surface area contributed by atoms with Crippen LogP contribution < -0.4 is 15.4 Å². The van der Waals surface area contributed by atoms with Crippen molar-refractivity contribution in [2.24, 2.45) is 0 Å². The van der Waals surface area contributed by atoms with Crippen LogP contribution in [0.1, 0.15) is 13.3 Å². The fourth-order valence-corrected chi connectivity index (χ4v) is 3.67. The first-order chi connectivity index (χ1) is 11.6. The lowest BCUT2D eigenvalue weighted by Crippen LogP contribution is -2.31. The van der Waals surface area contributed by atoms with Crippen LogP contribution in [-0.4, -0.2) is 23.7 Å². The molecule has 1 aliphatic rings. The Morgan fingerprint density at radius 1 is 1.17 bits per heavy atom. The summed E-state index contributed by atoms with van der Waals surface area (Å²) >= 11 is 1.34. The van der Waals surface area contributed by atoms with Gasteiger partial charge in [0, 0.05) is 17.0 Å². The number of carbonyl (C=O) groups excluding carboxylic acids is 2. The molecule has 2 aromatic rings. The molecule has 6 heteroatoms. The number of anilines is 2. The summed E-state index contributed by atoms with van der Waals surface area (Å²) in [4.78, 5) is 27.0. The van der Waals surface area contributed by atoms with Crippen LogP contribution in [0, 0.1) is 0 Å². The number of hydrogen-bond acceptors (Lipinski definition) is 5. The highest BCUT2D eigenvalue weighted by Gasteiger charge is 2.40. The van der Waals surface area contributed by atoms with Gasteiger partial charge in [0.05, 0.1) is 17.5 Å². The van der Waals surface area contributed by atoms with E-state index in [1.54, 1.807) is 30.3 Å². The van der Waals surface area contributed by atoms with E-state index >= 15 is 0 Å². The van der Waals surface area contributed by atoms with Gasteiger partial charge in [-0.15, -0.1) is 11.8 Å². The van der Waals surface area contributed by atoms with Crippen LogP contribution >= 0.6 is 11.8 Å². The van der Waals surface area contributed by atoms with Gasteiger partial charge in [0.2, 0.25) is 11.8 Å². The molecule has 2 N–H and O–H groups in total. The third kappa shape index (κ3) is 3.23. The van der Waals surface area contributed by atoms with E-state index in [2.05, 4.69) is 0 Å². The molecule has 124 valence electrons. The molecule has 2 aromatic carbocycles. The molecular formula is C18H18N2O3S. The van der Waals surface area contributed by atoms with Gasteiger partial charge in [-0.05, 0) is 43.3 Å². The van der Waals surface area contributed by atoms with Crippen molar-refractivity contribution in [2.75, 3.05) is 17.2 Å². The summed E-state index contributed by atoms with van der Waals surface area (Å²) in [5.74, 6) is 0.303. The minimum atomic E-state index is -0.450. The largest absolute Gasteiger partial charge is 0.494 e. The predicted octanol–water partition coefficient (Wildman–Crippen LogP) is 3.09. The number of nitrogen functional groups attached to an aromatic ring is 1. The molecule has 0 aromatic heterocycles. The molecule has 0 spiro atoms. The van der Waals surface area contributed by atoms with Gasteiger partial charge in [0.1, 0.15) is 5.75 Å². The van der Waals surface area contributed by atoms with E-state index in [4.69, 9.17) is 10.5 Å². The number of amides is 2. The highest BCUT2D eigenvalue weighted by molar-refractivity contribution is 8.00. The Hall–Kier alpha value is -2.47. The second kappa shape index (κ2) is 6.97. The second-order valence-electron chi connectivity index (χ2n) is 5.34. The zero-order valence-electron chi connectivity index (χ0n) is 13.3. The molecule has 1 aliphatic heterocycles. The monoisotopic (exact) mass is 342 g/mol. The van der Waals surface area contributed by atoms with Crippen LogP contribution in [0.15, 0.2) is 53.4 Å². The number of ether oxygens (including phenoxy) is 1. The maximum absolute atomic E-state index is 12.7. The second-order valence-corrected chi connectivity index (χ2v) is 6.59. The first-order valence-electron chi connectivity index (χ1n) is 7.71. The van der Waals surface area contributed by atoms with Crippen molar-refractivity contribution in [2.45, 2.75) is 23.5 Å². The van der Waals surface area contributed by atoms with Gasteiger partial charge in [0.15, 0.2) is 0 Å². The Morgan fingerprint density at radius 2 is 1.88 bits per heavy atom. The van der Waals surface area contributed by atoms with E-state index in [0.29, 0.717) is 23.7 Å². The number of thioether (sulfide) groups is 1. The van der Waals surface area contributed by atoms with E-state index in [-0.39, 0.29) is 18.2 Å². The van der Waals surface area contributed by atoms with Crippen LogP contribution in [0.3, 0.4) is 0 Å². The van der Waals surface area contributed by atoms with Crippen LogP contribution in [0.5, 0.6) is 5.75 Å². The van der Waals surface area contributed by atoms with E-state index in [9.17, 15) is 9.59 Å². The van der Waals surface area contributed by atoms with Crippen molar-refractivity contribution >= 4 is 35.0 Å². The number of nitrogens with zero attached hydrogens (tertiary/aromatic N) is 1. The van der Waals surface area contributed by atoms with Crippen LogP contribution in [0.4, 0.5) is 11.4 Å². The highest BCUT2D eigenvalue weighted by atomic mass is 32.2. The number of benzene rings is 2. The van der Waals surface area contributed by atoms with Gasteiger partial charge in [-0.3, -0.25) is 9.59 Å². The Morgan fingerprint density at radius 3 is 2.54 bits per heavy atom. The van der Waals surface area contributed by atoms with Gasteiger partial charge in [-0.1, -0.05) is 12.1 Å². The standard InChI is InChI=1S/C18H18N2O3S/c1-2-23-13-9-7-12(8-10-13)20-17(21)11-16(18(20)22)24-15-6-4-3-5-14(15)19/h3-10,16H,2,11,19H2,1H3/t16-/m0/s1. The van der Waals surface area contributed by atoms with Crippen LogP contribution in [0.2, 0.25) is 0 Å². The van der Waals surface area contributed by atoms with Crippen molar-refractivity contribution < 1.29 is 14.3 Å². The summed E-state index contributed by atoms with van der Waals surface area (Å²) in [7, 11) is 0. The predicted molar refractivity (Wildman–Crippen MR) is 95.2 cm³/mol. The van der Waals surface area contributed by atoms with Gasteiger partial charge in [-0.25, -0.2) is 4.90 Å². The summed E-state index contributed by atoms with van der Waals surface area (Å²) in [6.45, 7) is 2.47. The smallest absolute Gasteiger partial charge is 0.247 e. The first kappa shape index (κ1) is 16.4. The summed E-state index contributed by atoms with van der Waals surface area (Å²) in [6, 6.07) is 14.3. The summed E-state index contributed by atoms with van der Waals surface area (Å²) < 4.78 is 5.38. The summed E-state index contributed by atoms with van der Waals surface area (Å²) in [6.07, 6.45) is 0.172. The molecule has 0 unspecified atom stereocenters. The topological polar surface area (TPSA) is 72.6 Å². The molecule has 0 saturated carbocycles. The van der Waals surface area contributed by atoms with Gasteiger partial charge < -0.3 is 10.5 Å². The Bertz CT molecular complexity index is 761. The van der Waals surface area contributed by atoms with E-state index < -0.39 is 5.25 Å². The van der Waals surface area contributed by atoms with E-state index in [0.717, 1.165) is 4.90 Å². The molecular weight excluding hydrogens is 324 g/mol. The average Bonchev–Trinajstić information content (AvgIpc) is 2.85. The van der Waals surface area contributed by atoms with Crippen molar-refractivity contribution in [1.29, 1.82) is 0 Å². The lowest BCUT2D eigenvalue weighted by Gasteiger charge is -2.15. The van der Waals surface area contributed by atoms with Crippen molar-refractivity contribution in [3.8, 4) is 5.75 Å². The molecule has 1 atom stereocenters. The Balaban J connectivity index is 1.77. The SMILES string of the molecule is CCOc1ccc(N2C(=O)C[C@H](Sc3ccccc3N)C2=O)cc1. The van der Waals surface area contributed by atoms with Crippen LogP contribution in [-0.2, 0) is 9.59 Å². The molecule has 0 aliphatic carbocycles. The minimum Gasteiger partial charge on any atom is -0.494 e. The van der Waals surface area contributed by atoms with Crippen molar-refractivity contribution in [3.05, 3.63) is 48.5 Å². The number of rotatable bonds is 5. The van der Waals surface area contributed by atoms with Gasteiger partial charge >= 0.3 is 0 Å². The number of para-hydroxylation sites is 1. The van der Waals surface area contributed by atoms with Crippen molar-refractivity contribution in [3.63, 3.8) is 0 Å². The fraction of sp³-hybridized carbons (Fsp3) is 0.222. The number of hydrogen-bond donors (Lipinski definition) is 1. The lowest BCUT2D eigenvalue weighted by molar-refractivity contribution is -0.121. The number of nitrogens with two attached hydrogens (primary N) is 1. The van der Waals surface area contributed by atoms with E-state index in [1.807, 2.05) is 25.1 Å². The molecule has 2 amide bonds. The first-order valence-corrected chi connectivity index (χ1v) is 8.59. The highest BCUT2D eigenvalue weighted by Crippen LogP contribution is 2.36. The average molecular weight is 342 g/mol. The molecule has 1 fully saturated rings. The maximum Gasteiger partial charge on any atom is 0.247 e. The number of carbonyl (C=O) groups is 2. The zero-order chi connectivity index (χ0) is 17.1. The molecule has 1 heterocycles. The molecule has 3 rings (SSSR count). The summed E-state index contributed by atoms with van der Waals surface area (Å²) in [5, 5.41) is -0.450. The molecule has 24 heavy (non-hydrogen) atoms. The molecule has 0 bridgehead atoms. The quantitative estimate of drug-likeness (QED) is 0.668. The van der Waals surface area contributed by atoms with Crippen LogP contribution in [0.25, 0.3) is 0 Å². The van der Waals surface area contributed by atoms with Crippen molar-refractivity contribution in [1.82, 2.24) is 0 Å². The molecule has 5 nitrogen and oxygen atoms in total. The number of imide groups is 1. The van der Waals surface area contributed by atoms with E-state index in [1.165, 1.54) is 16.7 Å². The minimum absolute atomic E-state index is 0.172. The fourth-order valence-electron chi connectivity index (χ4n) is 2.57. The van der Waals surface area contributed by atoms with Gasteiger partial charge in [0.25, 0.3) is 0 Å². The third-order valence-corrected chi connectivity index (χ3v) is 4.98. The summed E-state index contributed by atoms with van der Waals surface area (Å²) in [5.41, 5.74) is 7.11.